The van der Waals surface area contributed by atoms with Crippen molar-refractivity contribution in [2.24, 2.45) is 17.8 Å². The van der Waals surface area contributed by atoms with Crippen molar-refractivity contribution >= 4 is 21.9 Å². The topological polar surface area (TPSA) is 0 Å². The SMILES string of the molecule is CC1CCC(C2CCC(S)CC2P)CC1. The fourth-order valence-corrected chi connectivity index (χ4v) is 4.96. The minimum atomic E-state index is 0.672. The average molecular weight is 244 g/mol. The zero-order valence-electron chi connectivity index (χ0n) is 9.86. The van der Waals surface area contributed by atoms with Crippen molar-refractivity contribution < 1.29 is 0 Å². The van der Waals surface area contributed by atoms with E-state index < -0.39 is 0 Å². The Morgan fingerprint density at radius 1 is 1.00 bits per heavy atom. The Balaban J connectivity index is 1.87. The summed E-state index contributed by atoms with van der Waals surface area (Å²) >= 11 is 4.63. The van der Waals surface area contributed by atoms with Gasteiger partial charge >= 0.3 is 0 Å². The van der Waals surface area contributed by atoms with E-state index in [1.807, 2.05) is 0 Å². The van der Waals surface area contributed by atoms with E-state index in [9.17, 15) is 0 Å². The van der Waals surface area contributed by atoms with Crippen LogP contribution in [0.15, 0.2) is 0 Å². The van der Waals surface area contributed by atoms with E-state index in [0.29, 0.717) is 5.25 Å². The molecule has 4 unspecified atom stereocenters. The van der Waals surface area contributed by atoms with Crippen molar-refractivity contribution in [1.82, 2.24) is 0 Å². The highest BCUT2D eigenvalue weighted by Gasteiger charge is 2.33. The molecule has 2 fully saturated rings. The highest BCUT2D eigenvalue weighted by Crippen LogP contribution is 2.43. The highest BCUT2D eigenvalue weighted by molar-refractivity contribution is 7.81. The molecule has 2 aliphatic rings. The molecule has 0 N–H and O–H groups in total. The standard InChI is InChI=1S/C13H25PS/c1-9-2-4-10(5-3-9)12-7-6-11(15)8-13(12)14/h9-13,15H,2-8,14H2,1H3. The first kappa shape index (κ1) is 12.2. The van der Waals surface area contributed by atoms with Crippen LogP contribution in [-0.4, -0.2) is 10.9 Å². The fraction of sp³-hybridized carbons (Fsp3) is 1.00. The van der Waals surface area contributed by atoms with Gasteiger partial charge in [0.1, 0.15) is 0 Å². The molecule has 0 aromatic heterocycles. The third kappa shape index (κ3) is 3.13. The lowest BCUT2D eigenvalue weighted by molar-refractivity contribution is 0.180. The molecule has 2 aliphatic carbocycles. The molecule has 15 heavy (non-hydrogen) atoms. The van der Waals surface area contributed by atoms with Crippen molar-refractivity contribution in [2.45, 2.75) is 62.8 Å². The number of thiol groups is 1. The van der Waals surface area contributed by atoms with Crippen molar-refractivity contribution in [1.29, 1.82) is 0 Å². The van der Waals surface area contributed by atoms with Gasteiger partial charge in [-0.25, -0.2) is 0 Å². The van der Waals surface area contributed by atoms with E-state index in [1.165, 1.54) is 44.9 Å². The van der Waals surface area contributed by atoms with Gasteiger partial charge in [0.2, 0.25) is 0 Å². The first-order valence-corrected chi connectivity index (χ1v) is 7.78. The molecule has 0 spiro atoms. The van der Waals surface area contributed by atoms with Crippen LogP contribution >= 0.6 is 21.9 Å². The summed E-state index contributed by atoms with van der Waals surface area (Å²) < 4.78 is 0. The number of hydrogen-bond donors (Lipinski definition) is 1. The Labute approximate surface area is 103 Å². The summed E-state index contributed by atoms with van der Waals surface area (Å²) in [7, 11) is 3.10. The highest BCUT2D eigenvalue weighted by atomic mass is 32.1. The quantitative estimate of drug-likeness (QED) is 0.520. The average Bonchev–Trinajstić information content (AvgIpc) is 2.20. The van der Waals surface area contributed by atoms with Crippen molar-refractivity contribution in [2.75, 3.05) is 0 Å². The Morgan fingerprint density at radius 3 is 2.27 bits per heavy atom. The normalized spacial score (nSPS) is 47.8. The van der Waals surface area contributed by atoms with Gasteiger partial charge in [-0.2, -0.15) is 12.6 Å². The van der Waals surface area contributed by atoms with Crippen molar-refractivity contribution in [3.05, 3.63) is 0 Å². The van der Waals surface area contributed by atoms with Gasteiger partial charge in [-0.05, 0) is 55.5 Å². The molecule has 0 bridgehead atoms. The molecule has 0 aromatic rings. The molecule has 0 radical (unpaired) electrons. The van der Waals surface area contributed by atoms with E-state index in [0.717, 1.165) is 23.4 Å². The Kier molecular flexibility index (Phi) is 4.41. The molecule has 4 atom stereocenters. The summed E-state index contributed by atoms with van der Waals surface area (Å²) in [5.74, 6) is 3.01. The van der Waals surface area contributed by atoms with Crippen LogP contribution in [0.3, 0.4) is 0 Å². The van der Waals surface area contributed by atoms with Crippen molar-refractivity contribution in [3.8, 4) is 0 Å². The third-order valence-corrected chi connectivity index (χ3v) is 5.83. The first-order chi connectivity index (χ1) is 7.16. The molecule has 2 saturated carbocycles. The zero-order valence-corrected chi connectivity index (χ0v) is 11.9. The number of hydrogen-bond acceptors (Lipinski definition) is 1. The first-order valence-electron chi connectivity index (χ1n) is 6.60. The van der Waals surface area contributed by atoms with Crippen molar-refractivity contribution in [3.63, 3.8) is 0 Å². The molecular weight excluding hydrogens is 219 g/mol. The van der Waals surface area contributed by atoms with E-state index >= 15 is 0 Å². The van der Waals surface area contributed by atoms with Gasteiger partial charge < -0.3 is 0 Å². The van der Waals surface area contributed by atoms with Gasteiger partial charge in [0.05, 0.1) is 0 Å². The molecule has 0 amide bonds. The van der Waals surface area contributed by atoms with Crippen LogP contribution in [0.2, 0.25) is 0 Å². The summed E-state index contributed by atoms with van der Waals surface area (Å²) in [5.41, 5.74) is 0.847. The molecule has 88 valence electrons. The van der Waals surface area contributed by atoms with Crippen LogP contribution in [-0.2, 0) is 0 Å². The van der Waals surface area contributed by atoms with Gasteiger partial charge in [-0.3, -0.25) is 0 Å². The van der Waals surface area contributed by atoms with Crippen LogP contribution in [0, 0.1) is 17.8 Å². The zero-order chi connectivity index (χ0) is 10.8. The molecular formula is C13H25PS. The molecule has 0 heterocycles. The summed E-state index contributed by atoms with van der Waals surface area (Å²) in [6, 6.07) is 0. The lowest BCUT2D eigenvalue weighted by atomic mass is 9.71. The van der Waals surface area contributed by atoms with Gasteiger partial charge in [-0.1, -0.05) is 19.8 Å². The molecule has 2 rings (SSSR count). The molecule has 2 heteroatoms. The summed E-state index contributed by atoms with van der Waals surface area (Å²) in [4.78, 5) is 0. The summed E-state index contributed by atoms with van der Waals surface area (Å²) in [5, 5.41) is 0.672. The smallest absolute Gasteiger partial charge is 0.00228 e. The van der Waals surface area contributed by atoms with E-state index in [1.54, 1.807) is 0 Å². The lowest BCUT2D eigenvalue weighted by Gasteiger charge is -2.40. The second kappa shape index (κ2) is 5.41. The van der Waals surface area contributed by atoms with Gasteiger partial charge in [0.15, 0.2) is 0 Å². The monoisotopic (exact) mass is 244 g/mol. The second-order valence-electron chi connectivity index (χ2n) is 5.81. The van der Waals surface area contributed by atoms with Crippen LogP contribution in [0.25, 0.3) is 0 Å². The maximum absolute atomic E-state index is 4.63. The largest absolute Gasteiger partial charge is 0.176 e. The predicted octanol–water partition coefficient (Wildman–Crippen LogP) is 4.15. The Morgan fingerprint density at radius 2 is 1.67 bits per heavy atom. The van der Waals surface area contributed by atoms with E-state index in [2.05, 4.69) is 28.8 Å². The Bertz CT molecular complexity index is 199. The molecule has 0 nitrogen and oxygen atoms in total. The minimum Gasteiger partial charge on any atom is -0.176 e. The predicted molar refractivity (Wildman–Crippen MR) is 74.7 cm³/mol. The van der Waals surface area contributed by atoms with Gasteiger partial charge in [-0.15, -0.1) is 9.24 Å². The number of rotatable bonds is 1. The van der Waals surface area contributed by atoms with E-state index in [-0.39, 0.29) is 0 Å². The maximum Gasteiger partial charge on any atom is 0.00228 e. The van der Waals surface area contributed by atoms with Crippen LogP contribution in [0.5, 0.6) is 0 Å². The van der Waals surface area contributed by atoms with Crippen LogP contribution in [0.1, 0.15) is 51.9 Å². The van der Waals surface area contributed by atoms with Crippen LogP contribution < -0.4 is 0 Å². The summed E-state index contributed by atoms with van der Waals surface area (Å²) in [6.45, 7) is 2.42. The molecule has 0 aromatic carbocycles. The van der Waals surface area contributed by atoms with Gasteiger partial charge in [0, 0.05) is 5.25 Å². The third-order valence-electron chi connectivity index (χ3n) is 4.59. The van der Waals surface area contributed by atoms with Gasteiger partial charge in [0.25, 0.3) is 0 Å². The second-order valence-corrected chi connectivity index (χ2v) is 7.40. The maximum atomic E-state index is 4.63. The fourth-order valence-electron chi connectivity index (χ4n) is 3.51. The Hall–Kier alpha value is 0.780. The molecule has 0 aliphatic heterocycles. The minimum absolute atomic E-state index is 0.672. The molecule has 0 saturated heterocycles. The van der Waals surface area contributed by atoms with Crippen LogP contribution in [0.4, 0.5) is 0 Å². The van der Waals surface area contributed by atoms with E-state index in [4.69, 9.17) is 0 Å². The summed E-state index contributed by atoms with van der Waals surface area (Å²) in [6.07, 6.45) is 10.0. The lowest BCUT2D eigenvalue weighted by Crippen LogP contribution is -2.33.